The average molecular weight is 217 g/mol. The smallest absolute Gasteiger partial charge is 0.225 e. The maximum Gasteiger partial charge on any atom is 0.225 e. The van der Waals surface area contributed by atoms with Crippen molar-refractivity contribution in [1.82, 2.24) is 15.3 Å². The van der Waals surface area contributed by atoms with E-state index in [-0.39, 0.29) is 0 Å². The van der Waals surface area contributed by atoms with Crippen LogP contribution in [-0.4, -0.2) is 35.1 Å². The van der Waals surface area contributed by atoms with Gasteiger partial charge in [-0.3, -0.25) is 0 Å². The Labute approximate surface area is 95.1 Å². The molecule has 84 valence electrons. The van der Waals surface area contributed by atoms with Crippen LogP contribution in [-0.2, 0) is 0 Å². The lowest BCUT2D eigenvalue weighted by Crippen LogP contribution is -2.55. The lowest BCUT2D eigenvalue weighted by molar-refractivity contribution is 0.420. The summed E-state index contributed by atoms with van der Waals surface area (Å²) in [5.41, 5.74) is 0.500. The standard InChI is InChI=1S/C11H15N5/c1-8-7-16(9(2)4-13-8)11-14-5-10(3-12)6-15-11/h5-6,8-9,13H,4,7H2,1-2H3/t8-,9-/m0/s1. The summed E-state index contributed by atoms with van der Waals surface area (Å²) in [6.07, 6.45) is 3.14. The molecule has 1 saturated heterocycles. The van der Waals surface area contributed by atoms with Crippen molar-refractivity contribution in [1.29, 1.82) is 5.26 Å². The van der Waals surface area contributed by atoms with Crippen molar-refractivity contribution in [2.75, 3.05) is 18.0 Å². The number of hydrogen-bond donors (Lipinski definition) is 1. The van der Waals surface area contributed by atoms with Crippen LogP contribution in [0.4, 0.5) is 5.95 Å². The molecule has 0 radical (unpaired) electrons. The summed E-state index contributed by atoms with van der Waals surface area (Å²) in [4.78, 5) is 10.6. The molecule has 5 nitrogen and oxygen atoms in total. The first-order chi connectivity index (χ1) is 7.70. The molecule has 1 aromatic rings. The molecule has 0 aromatic carbocycles. The van der Waals surface area contributed by atoms with Gasteiger partial charge in [0.1, 0.15) is 6.07 Å². The Balaban J connectivity index is 2.18. The van der Waals surface area contributed by atoms with Gasteiger partial charge in [-0.2, -0.15) is 5.26 Å². The minimum Gasteiger partial charge on any atom is -0.335 e. The van der Waals surface area contributed by atoms with E-state index in [9.17, 15) is 0 Å². The predicted molar refractivity (Wildman–Crippen MR) is 61.0 cm³/mol. The number of nitrogens with one attached hydrogen (secondary N) is 1. The van der Waals surface area contributed by atoms with E-state index in [0.29, 0.717) is 23.6 Å². The monoisotopic (exact) mass is 217 g/mol. The van der Waals surface area contributed by atoms with Crippen molar-refractivity contribution in [2.24, 2.45) is 0 Å². The SMILES string of the molecule is C[C@H]1CN(c2ncc(C#N)cn2)[C@@H](C)CN1. The first kappa shape index (κ1) is 10.8. The average Bonchev–Trinajstić information content (AvgIpc) is 2.32. The first-order valence-corrected chi connectivity index (χ1v) is 5.43. The van der Waals surface area contributed by atoms with Gasteiger partial charge in [-0.05, 0) is 13.8 Å². The quantitative estimate of drug-likeness (QED) is 0.743. The molecule has 1 fully saturated rings. The molecule has 1 N–H and O–H groups in total. The van der Waals surface area contributed by atoms with E-state index >= 15 is 0 Å². The van der Waals surface area contributed by atoms with Crippen LogP contribution in [0.2, 0.25) is 0 Å². The van der Waals surface area contributed by atoms with Gasteiger partial charge in [0, 0.05) is 25.2 Å². The summed E-state index contributed by atoms with van der Waals surface area (Å²) in [6.45, 7) is 6.11. The van der Waals surface area contributed by atoms with Gasteiger partial charge in [-0.25, -0.2) is 9.97 Å². The molecule has 0 amide bonds. The van der Waals surface area contributed by atoms with E-state index in [0.717, 1.165) is 13.1 Å². The Kier molecular flexibility index (Phi) is 3.02. The molecule has 0 bridgehead atoms. The molecular weight excluding hydrogens is 202 g/mol. The van der Waals surface area contributed by atoms with Crippen molar-refractivity contribution in [2.45, 2.75) is 25.9 Å². The van der Waals surface area contributed by atoms with Gasteiger partial charge >= 0.3 is 0 Å². The first-order valence-electron chi connectivity index (χ1n) is 5.43. The van der Waals surface area contributed by atoms with Crippen molar-refractivity contribution >= 4 is 5.95 Å². The number of rotatable bonds is 1. The van der Waals surface area contributed by atoms with E-state index in [1.807, 2.05) is 6.07 Å². The Hall–Kier alpha value is -1.67. The maximum absolute atomic E-state index is 8.68. The predicted octanol–water partition coefficient (Wildman–Crippen LogP) is 0.535. The Morgan fingerprint density at radius 1 is 1.44 bits per heavy atom. The molecule has 1 aliphatic rings. The fourth-order valence-corrected chi connectivity index (χ4v) is 1.83. The van der Waals surface area contributed by atoms with Crippen molar-refractivity contribution in [3.05, 3.63) is 18.0 Å². The molecule has 5 heteroatoms. The third-order valence-electron chi connectivity index (χ3n) is 2.79. The molecule has 0 saturated carbocycles. The van der Waals surface area contributed by atoms with E-state index in [4.69, 9.17) is 5.26 Å². The van der Waals surface area contributed by atoms with Crippen LogP contribution in [0, 0.1) is 11.3 Å². The van der Waals surface area contributed by atoms with Gasteiger partial charge in [-0.1, -0.05) is 0 Å². The highest BCUT2D eigenvalue weighted by molar-refractivity contribution is 5.35. The van der Waals surface area contributed by atoms with E-state index < -0.39 is 0 Å². The number of nitrogens with zero attached hydrogens (tertiary/aromatic N) is 4. The van der Waals surface area contributed by atoms with Crippen molar-refractivity contribution in [3.8, 4) is 6.07 Å². The van der Waals surface area contributed by atoms with Crippen LogP contribution in [0.5, 0.6) is 0 Å². The summed E-state index contributed by atoms with van der Waals surface area (Å²) in [7, 11) is 0. The Bertz CT molecular complexity index is 394. The zero-order valence-corrected chi connectivity index (χ0v) is 9.51. The minimum absolute atomic E-state index is 0.379. The highest BCUT2D eigenvalue weighted by Crippen LogP contribution is 2.14. The molecule has 2 rings (SSSR count). The van der Waals surface area contributed by atoms with Gasteiger partial charge < -0.3 is 10.2 Å². The largest absolute Gasteiger partial charge is 0.335 e. The van der Waals surface area contributed by atoms with Gasteiger partial charge in [-0.15, -0.1) is 0 Å². The summed E-state index contributed by atoms with van der Waals surface area (Å²) in [6, 6.07) is 2.84. The van der Waals surface area contributed by atoms with Crippen LogP contribution >= 0.6 is 0 Å². The van der Waals surface area contributed by atoms with Gasteiger partial charge in [0.2, 0.25) is 5.95 Å². The lowest BCUT2D eigenvalue weighted by Gasteiger charge is -2.37. The fourth-order valence-electron chi connectivity index (χ4n) is 1.83. The summed E-state index contributed by atoms with van der Waals surface area (Å²) in [5, 5.41) is 12.1. The topological polar surface area (TPSA) is 64.8 Å². The highest BCUT2D eigenvalue weighted by atomic mass is 15.3. The molecule has 0 aliphatic carbocycles. The zero-order valence-electron chi connectivity index (χ0n) is 9.51. The minimum atomic E-state index is 0.379. The molecule has 0 spiro atoms. The fraction of sp³-hybridized carbons (Fsp3) is 0.545. The van der Waals surface area contributed by atoms with Crippen LogP contribution in [0.3, 0.4) is 0 Å². The Morgan fingerprint density at radius 2 is 2.12 bits per heavy atom. The van der Waals surface area contributed by atoms with Gasteiger partial charge in [0.05, 0.1) is 18.0 Å². The number of piperazine rings is 1. The highest BCUT2D eigenvalue weighted by Gasteiger charge is 2.24. The molecule has 1 aromatic heterocycles. The number of anilines is 1. The molecule has 1 aliphatic heterocycles. The van der Waals surface area contributed by atoms with Crippen molar-refractivity contribution in [3.63, 3.8) is 0 Å². The van der Waals surface area contributed by atoms with E-state index in [1.54, 1.807) is 12.4 Å². The second-order valence-corrected chi connectivity index (χ2v) is 4.19. The molecular formula is C11H15N5. The summed E-state index contributed by atoms with van der Waals surface area (Å²) in [5.74, 6) is 0.708. The van der Waals surface area contributed by atoms with Gasteiger partial charge in [0.15, 0.2) is 0 Å². The van der Waals surface area contributed by atoms with Gasteiger partial charge in [0.25, 0.3) is 0 Å². The number of hydrogen-bond acceptors (Lipinski definition) is 5. The van der Waals surface area contributed by atoms with Crippen molar-refractivity contribution < 1.29 is 0 Å². The van der Waals surface area contributed by atoms with Crippen LogP contribution in [0.15, 0.2) is 12.4 Å². The zero-order chi connectivity index (χ0) is 11.5. The second-order valence-electron chi connectivity index (χ2n) is 4.19. The second kappa shape index (κ2) is 4.45. The van der Waals surface area contributed by atoms with E-state index in [1.165, 1.54) is 0 Å². The number of aromatic nitrogens is 2. The normalized spacial score (nSPS) is 25.2. The van der Waals surface area contributed by atoms with E-state index in [2.05, 4.69) is 34.0 Å². The molecule has 2 heterocycles. The lowest BCUT2D eigenvalue weighted by atomic mass is 10.1. The van der Waals surface area contributed by atoms with Crippen LogP contribution < -0.4 is 10.2 Å². The molecule has 2 atom stereocenters. The Morgan fingerprint density at radius 3 is 2.75 bits per heavy atom. The van der Waals surface area contributed by atoms with Crippen LogP contribution in [0.1, 0.15) is 19.4 Å². The molecule has 16 heavy (non-hydrogen) atoms. The number of nitriles is 1. The summed E-state index contributed by atoms with van der Waals surface area (Å²) >= 11 is 0. The molecule has 0 unspecified atom stereocenters. The third kappa shape index (κ3) is 2.12. The summed E-state index contributed by atoms with van der Waals surface area (Å²) < 4.78 is 0. The maximum atomic E-state index is 8.68. The van der Waals surface area contributed by atoms with Crippen LogP contribution in [0.25, 0.3) is 0 Å². The third-order valence-corrected chi connectivity index (χ3v) is 2.79.